The standard InChI is InChI=1S/C15H30N2O2/c1-4-7-16-14(11-18-12(2)3)15-9-17-8-5-6-13(17)10-19-15/h12-16H,4-11H2,1-3H3. The smallest absolute Gasteiger partial charge is 0.0878 e. The van der Waals surface area contributed by atoms with Gasteiger partial charge < -0.3 is 14.8 Å². The Hall–Kier alpha value is -0.160. The van der Waals surface area contributed by atoms with Crippen molar-refractivity contribution in [2.24, 2.45) is 0 Å². The van der Waals surface area contributed by atoms with Gasteiger partial charge in [-0.15, -0.1) is 0 Å². The minimum Gasteiger partial charge on any atom is -0.377 e. The summed E-state index contributed by atoms with van der Waals surface area (Å²) in [6.45, 7) is 11.4. The summed E-state index contributed by atoms with van der Waals surface area (Å²) in [7, 11) is 0. The second-order valence-corrected chi connectivity index (χ2v) is 6.11. The number of morpholine rings is 1. The zero-order chi connectivity index (χ0) is 13.7. The highest BCUT2D eigenvalue weighted by Gasteiger charge is 2.35. The molecule has 2 heterocycles. The Kier molecular flexibility index (Phi) is 6.07. The van der Waals surface area contributed by atoms with Crippen LogP contribution in [-0.4, -0.2) is 62.0 Å². The van der Waals surface area contributed by atoms with Crippen molar-refractivity contribution < 1.29 is 9.47 Å². The second-order valence-electron chi connectivity index (χ2n) is 6.11. The molecule has 2 saturated heterocycles. The lowest BCUT2D eigenvalue weighted by molar-refractivity contribution is -0.0810. The quantitative estimate of drug-likeness (QED) is 0.762. The minimum atomic E-state index is 0.277. The summed E-state index contributed by atoms with van der Waals surface area (Å²) in [5.74, 6) is 0. The molecule has 2 aliphatic heterocycles. The molecule has 0 aliphatic carbocycles. The largest absolute Gasteiger partial charge is 0.377 e. The molecule has 2 aliphatic rings. The number of nitrogens with zero attached hydrogens (tertiary/aromatic N) is 1. The normalized spacial score (nSPS) is 29.7. The molecule has 0 aromatic heterocycles. The molecule has 0 radical (unpaired) electrons. The summed E-state index contributed by atoms with van der Waals surface area (Å²) >= 11 is 0. The van der Waals surface area contributed by atoms with Crippen molar-refractivity contribution in [3.8, 4) is 0 Å². The van der Waals surface area contributed by atoms with E-state index in [1.54, 1.807) is 0 Å². The van der Waals surface area contributed by atoms with Crippen molar-refractivity contribution in [2.45, 2.75) is 64.3 Å². The summed E-state index contributed by atoms with van der Waals surface area (Å²) < 4.78 is 11.9. The van der Waals surface area contributed by atoms with E-state index < -0.39 is 0 Å². The van der Waals surface area contributed by atoms with E-state index in [2.05, 4.69) is 31.0 Å². The van der Waals surface area contributed by atoms with Crippen LogP contribution in [0.25, 0.3) is 0 Å². The van der Waals surface area contributed by atoms with Crippen molar-refractivity contribution in [1.29, 1.82) is 0 Å². The molecule has 3 atom stereocenters. The minimum absolute atomic E-state index is 0.277. The first kappa shape index (κ1) is 15.2. The van der Waals surface area contributed by atoms with Gasteiger partial charge in [-0.2, -0.15) is 0 Å². The maximum Gasteiger partial charge on any atom is 0.0878 e. The Balaban J connectivity index is 1.85. The van der Waals surface area contributed by atoms with Gasteiger partial charge in [-0.1, -0.05) is 6.92 Å². The number of hydrogen-bond donors (Lipinski definition) is 1. The zero-order valence-electron chi connectivity index (χ0n) is 12.7. The molecular weight excluding hydrogens is 240 g/mol. The summed E-state index contributed by atoms with van der Waals surface area (Å²) in [4.78, 5) is 2.60. The highest BCUT2D eigenvalue weighted by atomic mass is 16.5. The molecule has 4 heteroatoms. The Bertz CT molecular complexity index is 261. The van der Waals surface area contributed by atoms with Crippen LogP contribution < -0.4 is 5.32 Å². The third-order valence-corrected chi connectivity index (χ3v) is 4.13. The average Bonchev–Trinajstić information content (AvgIpc) is 2.85. The molecule has 2 fully saturated rings. The van der Waals surface area contributed by atoms with Gasteiger partial charge in [0.15, 0.2) is 0 Å². The first-order valence-electron chi connectivity index (χ1n) is 7.91. The highest BCUT2D eigenvalue weighted by Crippen LogP contribution is 2.24. The number of fused-ring (bicyclic) bond motifs is 1. The predicted octanol–water partition coefficient (Wildman–Crippen LogP) is 1.64. The van der Waals surface area contributed by atoms with Crippen molar-refractivity contribution >= 4 is 0 Å². The Morgan fingerprint density at radius 2 is 2.26 bits per heavy atom. The van der Waals surface area contributed by atoms with Gasteiger partial charge >= 0.3 is 0 Å². The van der Waals surface area contributed by atoms with Gasteiger partial charge in [-0.25, -0.2) is 0 Å². The molecule has 0 saturated carbocycles. The van der Waals surface area contributed by atoms with Crippen LogP contribution in [0.4, 0.5) is 0 Å². The van der Waals surface area contributed by atoms with Crippen molar-refractivity contribution in [3.05, 3.63) is 0 Å². The Morgan fingerprint density at radius 1 is 1.42 bits per heavy atom. The fourth-order valence-electron chi connectivity index (χ4n) is 3.01. The van der Waals surface area contributed by atoms with Crippen LogP contribution in [0.1, 0.15) is 40.0 Å². The van der Waals surface area contributed by atoms with E-state index in [-0.39, 0.29) is 12.2 Å². The number of nitrogens with one attached hydrogen (secondary N) is 1. The molecule has 0 spiro atoms. The van der Waals surface area contributed by atoms with Gasteiger partial charge in [0.1, 0.15) is 0 Å². The van der Waals surface area contributed by atoms with E-state index >= 15 is 0 Å². The lowest BCUT2D eigenvalue weighted by atomic mass is 10.1. The fraction of sp³-hybridized carbons (Fsp3) is 1.00. The first-order chi connectivity index (χ1) is 9.20. The number of rotatable bonds is 7. The topological polar surface area (TPSA) is 33.7 Å². The molecular formula is C15H30N2O2. The summed E-state index contributed by atoms with van der Waals surface area (Å²) in [5.41, 5.74) is 0. The van der Waals surface area contributed by atoms with Gasteiger partial charge in [0.25, 0.3) is 0 Å². The van der Waals surface area contributed by atoms with Crippen LogP contribution in [0, 0.1) is 0 Å². The van der Waals surface area contributed by atoms with E-state index in [0.717, 1.165) is 32.7 Å². The number of hydrogen-bond acceptors (Lipinski definition) is 4. The predicted molar refractivity (Wildman–Crippen MR) is 77.5 cm³/mol. The van der Waals surface area contributed by atoms with Crippen LogP contribution in [-0.2, 0) is 9.47 Å². The van der Waals surface area contributed by atoms with Crippen molar-refractivity contribution in [2.75, 3.05) is 32.8 Å². The van der Waals surface area contributed by atoms with E-state index in [0.29, 0.717) is 12.1 Å². The summed E-state index contributed by atoms with van der Waals surface area (Å²) in [5, 5.41) is 3.60. The zero-order valence-corrected chi connectivity index (χ0v) is 12.7. The summed E-state index contributed by atoms with van der Waals surface area (Å²) in [6, 6.07) is 0.998. The van der Waals surface area contributed by atoms with E-state index in [1.807, 2.05) is 0 Å². The van der Waals surface area contributed by atoms with Crippen molar-refractivity contribution in [3.63, 3.8) is 0 Å². The molecule has 19 heavy (non-hydrogen) atoms. The van der Waals surface area contributed by atoms with Crippen LogP contribution >= 0.6 is 0 Å². The average molecular weight is 270 g/mol. The van der Waals surface area contributed by atoms with Crippen molar-refractivity contribution in [1.82, 2.24) is 10.2 Å². The van der Waals surface area contributed by atoms with Gasteiger partial charge in [0, 0.05) is 12.6 Å². The third-order valence-electron chi connectivity index (χ3n) is 4.13. The molecule has 0 aromatic carbocycles. The van der Waals surface area contributed by atoms with Crippen LogP contribution in [0.5, 0.6) is 0 Å². The summed E-state index contributed by atoms with van der Waals surface area (Å²) in [6.07, 6.45) is 4.35. The number of ether oxygens (including phenoxy) is 2. The molecule has 0 bridgehead atoms. The Labute approximate surface area is 117 Å². The highest BCUT2D eigenvalue weighted by molar-refractivity contribution is 4.90. The molecule has 2 rings (SSSR count). The maximum atomic E-state index is 6.10. The fourth-order valence-corrected chi connectivity index (χ4v) is 3.01. The van der Waals surface area contributed by atoms with Gasteiger partial charge in [0.05, 0.1) is 31.5 Å². The molecule has 0 aromatic rings. The second kappa shape index (κ2) is 7.58. The first-order valence-corrected chi connectivity index (χ1v) is 7.91. The van der Waals surface area contributed by atoms with Gasteiger partial charge in [-0.3, -0.25) is 4.90 Å². The van der Waals surface area contributed by atoms with E-state index in [1.165, 1.54) is 19.4 Å². The molecule has 4 nitrogen and oxygen atoms in total. The lowest BCUT2D eigenvalue weighted by Crippen LogP contribution is -2.55. The van der Waals surface area contributed by atoms with Gasteiger partial charge in [0.2, 0.25) is 0 Å². The molecule has 3 unspecified atom stereocenters. The van der Waals surface area contributed by atoms with Crippen LogP contribution in [0.2, 0.25) is 0 Å². The van der Waals surface area contributed by atoms with Crippen LogP contribution in [0.15, 0.2) is 0 Å². The molecule has 1 N–H and O–H groups in total. The van der Waals surface area contributed by atoms with Crippen LogP contribution in [0.3, 0.4) is 0 Å². The monoisotopic (exact) mass is 270 g/mol. The van der Waals surface area contributed by atoms with Gasteiger partial charge in [-0.05, 0) is 46.2 Å². The molecule has 0 amide bonds. The maximum absolute atomic E-state index is 6.10. The molecule has 112 valence electrons. The SMILES string of the molecule is CCCNC(COC(C)C)C1CN2CCCC2CO1. The Morgan fingerprint density at radius 3 is 3.00 bits per heavy atom. The lowest BCUT2D eigenvalue weighted by Gasteiger charge is -2.39. The van der Waals surface area contributed by atoms with E-state index in [4.69, 9.17) is 9.47 Å². The third kappa shape index (κ3) is 4.42. The van der Waals surface area contributed by atoms with E-state index in [9.17, 15) is 0 Å².